The predicted molar refractivity (Wildman–Crippen MR) is 145 cm³/mol. The molecular formula is C32H31N3Pt. The van der Waals surface area contributed by atoms with E-state index in [1.54, 1.807) is 0 Å². The van der Waals surface area contributed by atoms with E-state index in [2.05, 4.69) is 131 Å². The van der Waals surface area contributed by atoms with E-state index in [4.69, 9.17) is 0 Å². The summed E-state index contributed by atoms with van der Waals surface area (Å²) in [5.74, 6) is 0. The van der Waals surface area contributed by atoms with Gasteiger partial charge in [0, 0.05) is 18.1 Å². The van der Waals surface area contributed by atoms with E-state index in [1.807, 2.05) is 17.1 Å². The van der Waals surface area contributed by atoms with Gasteiger partial charge in [-0.15, -0.1) is 64.4 Å². The van der Waals surface area contributed by atoms with Crippen molar-refractivity contribution in [1.29, 1.82) is 0 Å². The van der Waals surface area contributed by atoms with Gasteiger partial charge in [0.15, 0.2) is 0 Å². The SMILES string of the molecule is CC(C)(C)c1ccnc(-c2[c-]c(-c3cccc4ccc(-n5cc(C(C)(C)C)cn5)[c-]c34)ccc2)c1.[Pt+2]. The third-order valence-electron chi connectivity index (χ3n) is 6.45. The monoisotopic (exact) mass is 652 g/mol. The molecule has 3 aromatic carbocycles. The van der Waals surface area contributed by atoms with E-state index in [1.165, 1.54) is 11.1 Å². The summed E-state index contributed by atoms with van der Waals surface area (Å²) in [4.78, 5) is 4.65. The molecule has 36 heavy (non-hydrogen) atoms. The second kappa shape index (κ2) is 9.79. The molecule has 5 rings (SSSR count). The van der Waals surface area contributed by atoms with Crippen molar-refractivity contribution in [2.24, 2.45) is 0 Å². The number of hydrogen-bond acceptors (Lipinski definition) is 2. The van der Waals surface area contributed by atoms with Gasteiger partial charge in [0.25, 0.3) is 0 Å². The van der Waals surface area contributed by atoms with Gasteiger partial charge in [0.2, 0.25) is 0 Å². The van der Waals surface area contributed by atoms with Crippen LogP contribution in [0.4, 0.5) is 0 Å². The third kappa shape index (κ3) is 5.22. The zero-order valence-corrected chi connectivity index (χ0v) is 23.9. The third-order valence-corrected chi connectivity index (χ3v) is 6.45. The molecule has 0 atom stereocenters. The van der Waals surface area contributed by atoms with E-state index in [9.17, 15) is 0 Å². The fraction of sp³-hybridized carbons (Fsp3) is 0.250. The maximum Gasteiger partial charge on any atom is 2.00 e. The molecule has 0 saturated heterocycles. The van der Waals surface area contributed by atoms with E-state index < -0.39 is 0 Å². The first kappa shape index (κ1) is 26.0. The van der Waals surface area contributed by atoms with Gasteiger partial charge in [-0.05, 0) is 33.7 Å². The molecule has 0 N–H and O–H groups in total. The molecule has 5 aromatic rings. The summed E-state index contributed by atoms with van der Waals surface area (Å²) < 4.78 is 1.92. The van der Waals surface area contributed by atoms with Crippen LogP contribution < -0.4 is 0 Å². The van der Waals surface area contributed by atoms with Crippen LogP contribution in [0.1, 0.15) is 52.7 Å². The molecule has 2 heterocycles. The van der Waals surface area contributed by atoms with E-state index in [0.29, 0.717) is 0 Å². The Morgan fingerprint density at radius 1 is 0.750 bits per heavy atom. The minimum Gasteiger partial charge on any atom is -0.295 e. The molecule has 0 aliphatic rings. The molecule has 184 valence electrons. The molecule has 0 spiro atoms. The van der Waals surface area contributed by atoms with Gasteiger partial charge in [-0.1, -0.05) is 71.4 Å². The normalized spacial score (nSPS) is 11.9. The quantitative estimate of drug-likeness (QED) is 0.185. The van der Waals surface area contributed by atoms with Crippen molar-refractivity contribution in [1.82, 2.24) is 14.8 Å². The Hall–Kier alpha value is -3.03. The van der Waals surface area contributed by atoms with Crippen LogP contribution in [0.2, 0.25) is 0 Å². The topological polar surface area (TPSA) is 30.7 Å². The van der Waals surface area contributed by atoms with Gasteiger partial charge in [-0.3, -0.25) is 9.67 Å². The second-order valence-corrected chi connectivity index (χ2v) is 11.2. The van der Waals surface area contributed by atoms with Crippen molar-refractivity contribution in [3.05, 3.63) is 103 Å². The van der Waals surface area contributed by atoms with E-state index >= 15 is 0 Å². The standard InChI is InChI=1S/C32H31N3.Pt/c1-31(2,3)25-15-16-33-30(18-25)24-11-7-10-23(17-24)28-12-8-9-22-13-14-27(19-29(22)28)35-21-26(20-34-35)32(4,5)6;/h7-16,18,20-21H,1-6H3;/q-2;+2. The smallest absolute Gasteiger partial charge is 0.295 e. The predicted octanol–water partition coefficient (Wildman–Crippen LogP) is 7.95. The minimum absolute atomic E-state index is 0. The average Bonchev–Trinajstić information content (AvgIpc) is 3.34. The summed E-state index contributed by atoms with van der Waals surface area (Å²) in [7, 11) is 0. The molecule has 2 aromatic heterocycles. The number of fused-ring (bicyclic) bond motifs is 1. The molecule has 4 heteroatoms. The molecule has 0 saturated carbocycles. The Bertz CT molecular complexity index is 1520. The van der Waals surface area contributed by atoms with Gasteiger partial charge in [0.05, 0.1) is 6.20 Å². The molecule has 3 nitrogen and oxygen atoms in total. The number of pyridine rings is 1. The average molecular weight is 653 g/mol. The molecule has 0 amide bonds. The number of hydrogen-bond donors (Lipinski definition) is 0. The van der Waals surface area contributed by atoms with Gasteiger partial charge in [0.1, 0.15) is 0 Å². The second-order valence-electron chi connectivity index (χ2n) is 11.2. The van der Waals surface area contributed by atoms with Gasteiger partial charge in [-0.25, -0.2) is 0 Å². The summed E-state index contributed by atoms with van der Waals surface area (Å²) in [5.41, 5.74) is 7.56. The van der Waals surface area contributed by atoms with Crippen LogP contribution in [0.15, 0.2) is 79.3 Å². The first-order chi connectivity index (χ1) is 16.6. The van der Waals surface area contributed by atoms with Crippen LogP contribution in [-0.4, -0.2) is 14.8 Å². The zero-order valence-electron chi connectivity index (χ0n) is 21.7. The minimum atomic E-state index is 0. The summed E-state index contributed by atoms with van der Waals surface area (Å²) in [6.07, 6.45) is 5.94. The molecule has 0 radical (unpaired) electrons. The Kier molecular flexibility index (Phi) is 7.08. The Balaban J connectivity index is 0.00000304. The number of aromatic nitrogens is 3. The Morgan fingerprint density at radius 3 is 2.19 bits per heavy atom. The maximum absolute atomic E-state index is 4.65. The fourth-order valence-corrected chi connectivity index (χ4v) is 4.21. The summed E-state index contributed by atoms with van der Waals surface area (Å²) in [5, 5.41) is 6.81. The van der Waals surface area contributed by atoms with Crippen molar-refractivity contribution in [2.45, 2.75) is 52.4 Å². The Morgan fingerprint density at radius 2 is 1.47 bits per heavy atom. The molecule has 0 aliphatic heterocycles. The van der Waals surface area contributed by atoms with Crippen LogP contribution >= 0.6 is 0 Å². The van der Waals surface area contributed by atoms with Gasteiger partial charge < -0.3 is 0 Å². The molecule has 0 bridgehead atoms. The number of rotatable bonds is 3. The van der Waals surface area contributed by atoms with E-state index in [-0.39, 0.29) is 31.9 Å². The molecule has 0 unspecified atom stereocenters. The largest absolute Gasteiger partial charge is 2.00 e. The first-order valence-corrected chi connectivity index (χ1v) is 12.1. The van der Waals surface area contributed by atoms with E-state index in [0.717, 1.165) is 38.8 Å². The summed E-state index contributed by atoms with van der Waals surface area (Å²) >= 11 is 0. The molecule has 0 fully saturated rings. The summed E-state index contributed by atoms with van der Waals surface area (Å²) in [6, 6.07) is 28.4. The maximum atomic E-state index is 4.65. The zero-order chi connectivity index (χ0) is 24.8. The fourth-order valence-electron chi connectivity index (χ4n) is 4.21. The van der Waals surface area contributed by atoms with Crippen molar-refractivity contribution in [3.63, 3.8) is 0 Å². The Labute approximate surface area is 228 Å². The van der Waals surface area contributed by atoms with Crippen LogP contribution in [0.5, 0.6) is 0 Å². The number of nitrogens with zero attached hydrogens (tertiary/aromatic N) is 3. The summed E-state index contributed by atoms with van der Waals surface area (Å²) in [6.45, 7) is 13.3. The van der Waals surface area contributed by atoms with Crippen LogP contribution in [0.25, 0.3) is 38.8 Å². The van der Waals surface area contributed by atoms with Crippen molar-refractivity contribution >= 4 is 10.8 Å². The van der Waals surface area contributed by atoms with Crippen molar-refractivity contribution in [3.8, 4) is 28.1 Å². The van der Waals surface area contributed by atoms with Gasteiger partial charge in [-0.2, -0.15) is 5.10 Å². The first-order valence-electron chi connectivity index (χ1n) is 12.1. The van der Waals surface area contributed by atoms with Crippen LogP contribution in [0.3, 0.4) is 0 Å². The van der Waals surface area contributed by atoms with Crippen LogP contribution in [0, 0.1) is 12.1 Å². The van der Waals surface area contributed by atoms with Gasteiger partial charge >= 0.3 is 21.1 Å². The molecule has 0 aliphatic carbocycles. The van der Waals surface area contributed by atoms with Crippen molar-refractivity contribution in [2.75, 3.05) is 0 Å². The number of benzene rings is 3. The van der Waals surface area contributed by atoms with Crippen LogP contribution in [-0.2, 0) is 31.9 Å². The molecular weight excluding hydrogens is 621 g/mol. The van der Waals surface area contributed by atoms with Crippen molar-refractivity contribution < 1.29 is 21.1 Å².